The fraction of sp³-hybridized carbons (Fsp3) is 0.393. The molecule has 7 nitrogen and oxygen atoms in total. The molecule has 7 heteroatoms. The molecule has 35 heavy (non-hydrogen) atoms. The van der Waals surface area contributed by atoms with Crippen LogP contribution in [-0.4, -0.2) is 42.3 Å². The molecule has 0 spiro atoms. The zero-order valence-electron chi connectivity index (χ0n) is 19.6. The smallest absolute Gasteiger partial charge is 0.407 e. The zero-order chi connectivity index (χ0) is 24.6. The molecule has 0 heterocycles. The number of nitrogens with one attached hydrogen (secondary N) is 2. The third-order valence-electron chi connectivity index (χ3n) is 6.87. The predicted octanol–water partition coefficient (Wildman–Crippen LogP) is 4.07. The third kappa shape index (κ3) is 6.21. The highest BCUT2D eigenvalue weighted by Crippen LogP contribution is 2.44. The molecule has 4 rings (SSSR count). The van der Waals surface area contributed by atoms with Crippen LogP contribution in [0.1, 0.15) is 55.6 Å². The molecule has 0 aromatic heterocycles. The lowest BCUT2D eigenvalue weighted by Crippen LogP contribution is -2.43. The highest BCUT2D eigenvalue weighted by atomic mass is 16.5. The van der Waals surface area contributed by atoms with Gasteiger partial charge in [0, 0.05) is 24.3 Å². The summed E-state index contributed by atoms with van der Waals surface area (Å²) in [4.78, 5) is 35.2. The predicted molar refractivity (Wildman–Crippen MR) is 132 cm³/mol. The first-order valence-electron chi connectivity index (χ1n) is 12.1. The van der Waals surface area contributed by atoms with E-state index in [4.69, 9.17) is 9.84 Å². The van der Waals surface area contributed by atoms with Crippen LogP contribution in [0.15, 0.2) is 48.5 Å². The minimum atomic E-state index is -1.22. The number of carboxylic acids is 1. The maximum Gasteiger partial charge on any atom is 0.407 e. The molecule has 182 valence electrons. The van der Waals surface area contributed by atoms with Gasteiger partial charge in [-0.2, -0.15) is 0 Å². The number of carbonyl (C=O) groups excluding carboxylic acids is 2. The monoisotopic (exact) mass is 474 g/mol. The average molecular weight is 475 g/mol. The summed E-state index contributed by atoms with van der Waals surface area (Å²) in [5.74, 6) is 3.17. The van der Waals surface area contributed by atoms with Gasteiger partial charge in [0.05, 0.1) is 6.54 Å². The first-order valence-corrected chi connectivity index (χ1v) is 12.1. The molecule has 2 atom stereocenters. The Bertz CT molecular complexity index is 1100. The van der Waals surface area contributed by atoms with E-state index in [1.165, 1.54) is 22.3 Å². The van der Waals surface area contributed by atoms with Gasteiger partial charge in [-0.15, -0.1) is 0 Å². The van der Waals surface area contributed by atoms with Crippen LogP contribution in [0.3, 0.4) is 0 Å². The third-order valence-corrected chi connectivity index (χ3v) is 6.87. The lowest BCUT2D eigenvalue weighted by Gasteiger charge is -2.32. The van der Waals surface area contributed by atoms with Crippen molar-refractivity contribution >= 4 is 18.0 Å². The average Bonchev–Trinajstić information content (AvgIpc) is 3.18. The molecule has 0 saturated heterocycles. The molecule has 1 fully saturated rings. The fourth-order valence-electron chi connectivity index (χ4n) is 5.20. The molecule has 0 aliphatic heterocycles. The Hall–Kier alpha value is -3.79. The molecular formula is C28H30N2O5. The molecule has 2 aliphatic carbocycles. The van der Waals surface area contributed by atoms with Crippen LogP contribution in [0.25, 0.3) is 11.1 Å². The van der Waals surface area contributed by atoms with Crippen LogP contribution in [0.4, 0.5) is 4.79 Å². The summed E-state index contributed by atoms with van der Waals surface area (Å²) in [6.07, 6.45) is 4.44. The Morgan fingerprint density at radius 3 is 2.31 bits per heavy atom. The maximum absolute atomic E-state index is 12.7. The number of benzene rings is 2. The van der Waals surface area contributed by atoms with Crippen LogP contribution >= 0.6 is 0 Å². The molecule has 2 aliphatic rings. The van der Waals surface area contributed by atoms with Crippen molar-refractivity contribution in [3.63, 3.8) is 0 Å². The number of hydrogen-bond acceptors (Lipinski definition) is 4. The number of carboxylic acid groups (broad SMARTS) is 1. The van der Waals surface area contributed by atoms with Crippen molar-refractivity contribution in [1.82, 2.24) is 10.6 Å². The van der Waals surface area contributed by atoms with Crippen molar-refractivity contribution in [2.75, 3.05) is 13.2 Å². The lowest BCUT2D eigenvalue weighted by molar-refractivity contribution is -0.130. The van der Waals surface area contributed by atoms with Crippen molar-refractivity contribution in [2.45, 2.75) is 50.5 Å². The summed E-state index contributed by atoms with van der Waals surface area (Å²) < 4.78 is 5.71. The van der Waals surface area contributed by atoms with E-state index < -0.39 is 12.1 Å². The van der Waals surface area contributed by atoms with Gasteiger partial charge in [0.25, 0.3) is 0 Å². The second-order valence-corrected chi connectivity index (χ2v) is 9.04. The number of aliphatic carboxylic acids is 1. The van der Waals surface area contributed by atoms with Crippen LogP contribution in [-0.2, 0) is 14.3 Å². The Balaban J connectivity index is 1.28. The Morgan fingerprint density at radius 2 is 1.63 bits per heavy atom. The van der Waals surface area contributed by atoms with E-state index in [9.17, 15) is 14.4 Å². The lowest BCUT2D eigenvalue weighted by atomic mass is 9.81. The van der Waals surface area contributed by atoms with Gasteiger partial charge in [0.1, 0.15) is 6.61 Å². The van der Waals surface area contributed by atoms with Crippen molar-refractivity contribution in [1.29, 1.82) is 0 Å². The molecule has 2 amide bonds. The first kappa shape index (κ1) is 24.3. The first-order chi connectivity index (χ1) is 17.0. The largest absolute Gasteiger partial charge is 0.472 e. The van der Waals surface area contributed by atoms with Gasteiger partial charge < -0.3 is 20.5 Å². The van der Waals surface area contributed by atoms with E-state index in [-0.39, 0.29) is 36.9 Å². The molecule has 2 aromatic carbocycles. The zero-order valence-corrected chi connectivity index (χ0v) is 19.6. The van der Waals surface area contributed by atoms with Gasteiger partial charge in [0.15, 0.2) is 0 Å². The summed E-state index contributed by atoms with van der Waals surface area (Å²) in [6.45, 7) is 0.286. The van der Waals surface area contributed by atoms with Gasteiger partial charge in [-0.25, -0.2) is 9.59 Å². The van der Waals surface area contributed by atoms with E-state index in [2.05, 4.69) is 40.8 Å². The van der Waals surface area contributed by atoms with E-state index in [1.54, 1.807) is 0 Å². The fourth-order valence-corrected chi connectivity index (χ4v) is 5.20. The van der Waals surface area contributed by atoms with E-state index in [0.29, 0.717) is 12.8 Å². The summed E-state index contributed by atoms with van der Waals surface area (Å²) in [6, 6.07) is 16.5. The van der Waals surface area contributed by atoms with Crippen LogP contribution in [0, 0.1) is 17.8 Å². The van der Waals surface area contributed by atoms with Gasteiger partial charge >= 0.3 is 12.1 Å². The summed E-state index contributed by atoms with van der Waals surface area (Å²) in [5.41, 5.74) is 4.74. The SMILES string of the molecule is O=C(O)C#CCNC(=O)CCC1CCCCC1NC(=O)OCC1c2ccccc2-c2ccccc21. The molecule has 2 aromatic rings. The summed E-state index contributed by atoms with van der Waals surface area (Å²) in [5, 5.41) is 14.2. The van der Waals surface area contributed by atoms with Crippen molar-refractivity contribution < 1.29 is 24.2 Å². The highest BCUT2D eigenvalue weighted by Gasteiger charge is 2.31. The number of rotatable bonds is 7. The standard InChI is InChI=1S/C28H30N2O5/c31-26(29-17-7-14-27(32)33)16-15-19-8-1-6-13-25(19)30-28(34)35-18-24-22-11-4-2-9-20(22)21-10-3-5-12-23(21)24/h2-5,9-12,19,24-25H,1,6,8,13,15-18H2,(H,29,31)(H,30,34)(H,32,33). The Kier molecular flexibility index (Phi) is 8.04. The van der Waals surface area contributed by atoms with Gasteiger partial charge in [-0.1, -0.05) is 67.3 Å². The van der Waals surface area contributed by atoms with Crippen molar-refractivity contribution in [2.24, 2.45) is 5.92 Å². The topological polar surface area (TPSA) is 105 Å². The minimum absolute atomic E-state index is 0.0111. The van der Waals surface area contributed by atoms with Crippen molar-refractivity contribution in [3.05, 3.63) is 59.7 Å². The van der Waals surface area contributed by atoms with Gasteiger partial charge in [-0.05, 0) is 47.4 Å². The van der Waals surface area contributed by atoms with Crippen LogP contribution < -0.4 is 10.6 Å². The number of ether oxygens (including phenoxy) is 1. The quantitative estimate of drug-likeness (QED) is 0.525. The van der Waals surface area contributed by atoms with E-state index >= 15 is 0 Å². The van der Waals surface area contributed by atoms with Crippen LogP contribution in [0.5, 0.6) is 0 Å². The van der Waals surface area contributed by atoms with E-state index in [1.807, 2.05) is 30.2 Å². The number of hydrogen-bond donors (Lipinski definition) is 3. The van der Waals surface area contributed by atoms with Gasteiger partial charge in [-0.3, -0.25) is 4.79 Å². The van der Waals surface area contributed by atoms with Crippen molar-refractivity contribution in [3.8, 4) is 23.0 Å². The number of alkyl carbamates (subject to hydrolysis) is 1. The summed E-state index contributed by atoms with van der Waals surface area (Å²) in [7, 11) is 0. The highest BCUT2D eigenvalue weighted by molar-refractivity contribution is 5.86. The number of carbonyl (C=O) groups is 3. The molecule has 0 bridgehead atoms. The molecular weight excluding hydrogens is 444 g/mol. The van der Waals surface area contributed by atoms with E-state index in [0.717, 1.165) is 25.7 Å². The number of fused-ring (bicyclic) bond motifs is 3. The van der Waals surface area contributed by atoms with Gasteiger partial charge in [0.2, 0.25) is 5.91 Å². The number of amides is 2. The molecule has 3 N–H and O–H groups in total. The summed E-state index contributed by atoms with van der Waals surface area (Å²) >= 11 is 0. The molecule has 2 unspecified atom stereocenters. The van der Waals surface area contributed by atoms with Crippen LogP contribution in [0.2, 0.25) is 0 Å². The maximum atomic E-state index is 12.7. The Labute approximate surface area is 205 Å². The molecule has 1 saturated carbocycles. The normalized spacial score (nSPS) is 18.4. The second kappa shape index (κ2) is 11.6. The Morgan fingerprint density at radius 1 is 0.971 bits per heavy atom. The second-order valence-electron chi connectivity index (χ2n) is 9.04. The minimum Gasteiger partial charge on any atom is -0.472 e. The molecule has 0 radical (unpaired) electrons.